The van der Waals surface area contributed by atoms with Crippen molar-refractivity contribution in [2.45, 2.75) is 20.4 Å². The number of fused-ring (bicyclic) bond motifs is 1. The van der Waals surface area contributed by atoms with E-state index in [4.69, 9.17) is 0 Å². The first kappa shape index (κ1) is 21.5. The summed E-state index contributed by atoms with van der Waals surface area (Å²) in [5.41, 5.74) is 5.32. The number of aromatic nitrogens is 1. The summed E-state index contributed by atoms with van der Waals surface area (Å²) < 4.78 is 70.0. The third-order valence-electron chi connectivity index (χ3n) is 5.36. The van der Waals surface area contributed by atoms with Crippen LogP contribution in [0.5, 0.6) is 0 Å². The Morgan fingerprint density at radius 2 is 1.44 bits per heavy atom. The van der Waals surface area contributed by atoms with Crippen LogP contribution in [-0.4, -0.2) is 10.8 Å². The topological polar surface area (TPSA) is 29.3 Å². The first-order valence-electron chi connectivity index (χ1n) is 9.74. The van der Waals surface area contributed by atoms with Crippen molar-refractivity contribution in [3.8, 4) is 0 Å². The molecule has 0 aliphatic carbocycles. The third kappa shape index (κ3) is 3.62. The lowest BCUT2D eigenvalue weighted by Gasteiger charge is -2.10. The maximum Gasteiger partial charge on any atom is 0.200 e. The Hall–Kier alpha value is -3.68. The average molecular weight is 443 g/mol. The van der Waals surface area contributed by atoms with Gasteiger partial charge in [0, 0.05) is 23.2 Å². The molecule has 164 valence electrons. The van der Waals surface area contributed by atoms with Gasteiger partial charge >= 0.3 is 0 Å². The first-order valence-corrected chi connectivity index (χ1v) is 9.74. The zero-order valence-electron chi connectivity index (χ0n) is 17.2. The Balaban J connectivity index is 1.76. The minimum Gasteiger partial charge on any atom is -0.340 e. The Morgan fingerprint density at radius 1 is 0.812 bits per heavy atom. The maximum absolute atomic E-state index is 13.9. The summed E-state index contributed by atoms with van der Waals surface area (Å²) in [6.45, 7) is 4.44. The predicted molar refractivity (Wildman–Crippen MR) is 114 cm³/mol. The molecular formula is C24H18F5N3. The fraction of sp³-hybridized carbons (Fsp3) is 0.125. The number of hydrogen-bond acceptors (Lipinski definition) is 2. The molecule has 4 rings (SSSR count). The van der Waals surface area contributed by atoms with Gasteiger partial charge in [0.1, 0.15) is 5.69 Å². The number of hydrazone groups is 1. The molecule has 0 saturated carbocycles. The molecule has 0 aliphatic rings. The van der Waals surface area contributed by atoms with E-state index in [-0.39, 0.29) is 0 Å². The second kappa shape index (κ2) is 8.45. The molecule has 0 amide bonds. The lowest BCUT2D eigenvalue weighted by atomic mass is 10.1. The van der Waals surface area contributed by atoms with Crippen LogP contribution in [0, 0.1) is 42.9 Å². The Kier molecular flexibility index (Phi) is 5.69. The van der Waals surface area contributed by atoms with Gasteiger partial charge in [-0.05, 0) is 25.0 Å². The number of halogens is 5. The van der Waals surface area contributed by atoms with Crippen LogP contribution < -0.4 is 5.43 Å². The van der Waals surface area contributed by atoms with Crippen LogP contribution in [0.15, 0.2) is 53.6 Å². The highest BCUT2D eigenvalue weighted by atomic mass is 19.2. The summed E-state index contributed by atoms with van der Waals surface area (Å²) in [7, 11) is 0. The lowest BCUT2D eigenvalue weighted by Crippen LogP contribution is -2.07. The highest BCUT2D eigenvalue weighted by molar-refractivity contribution is 6.02. The number of hydrogen-bond donors (Lipinski definition) is 1. The highest BCUT2D eigenvalue weighted by Gasteiger charge is 2.25. The highest BCUT2D eigenvalue weighted by Crippen LogP contribution is 2.29. The number of nitrogens with one attached hydrogen (secondary N) is 1. The molecule has 1 N–H and O–H groups in total. The minimum absolute atomic E-state index is 0.590. The minimum atomic E-state index is -2.22. The summed E-state index contributed by atoms with van der Waals surface area (Å²) >= 11 is 0. The van der Waals surface area contributed by atoms with Crippen LogP contribution in [0.1, 0.15) is 22.4 Å². The number of para-hydroxylation sites is 1. The van der Waals surface area contributed by atoms with E-state index >= 15 is 0 Å². The van der Waals surface area contributed by atoms with E-state index in [0.29, 0.717) is 12.1 Å². The molecular weight excluding hydrogens is 425 g/mol. The van der Waals surface area contributed by atoms with E-state index in [9.17, 15) is 22.0 Å². The number of benzene rings is 3. The van der Waals surface area contributed by atoms with Crippen molar-refractivity contribution in [3.63, 3.8) is 0 Å². The van der Waals surface area contributed by atoms with Gasteiger partial charge in [0.05, 0.1) is 11.7 Å². The molecule has 3 aromatic carbocycles. The van der Waals surface area contributed by atoms with Gasteiger partial charge in [0.2, 0.25) is 5.82 Å². The van der Waals surface area contributed by atoms with Crippen molar-refractivity contribution >= 4 is 22.8 Å². The fourth-order valence-corrected chi connectivity index (χ4v) is 3.73. The second-order valence-electron chi connectivity index (χ2n) is 7.36. The van der Waals surface area contributed by atoms with E-state index in [1.165, 1.54) is 6.21 Å². The number of rotatable bonds is 5. The van der Waals surface area contributed by atoms with Gasteiger partial charge in [-0.25, -0.2) is 22.0 Å². The van der Waals surface area contributed by atoms with Gasteiger partial charge in [-0.2, -0.15) is 5.10 Å². The van der Waals surface area contributed by atoms with Gasteiger partial charge in [-0.1, -0.05) is 48.5 Å². The molecule has 0 aliphatic heterocycles. The van der Waals surface area contributed by atoms with Crippen LogP contribution in [0.3, 0.4) is 0 Å². The summed E-state index contributed by atoms with van der Waals surface area (Å²) in [4.78, 5) is 0. The lowest BCUT2D eigenvalue weighted by molar-refractivity contribution is 0.381. The molecule has 0 unspecified atom stereocenters. The smallest absolute Gasteiger partial charge is 0.200 e. The van der Waals surface area contributed by atoms with E-state index in [1.807, 2.05) is 67.8 Å². The number of nitrogens with zero attached hydrogens (tertiary/aromatic N) is 2. The van der Waals surface area contributed by atoms with Crippen LogP contribution in [0.25, 0.3) is 10.9 Å². The second-order valence-corrected chi connectivity index (χ2v) is 7.36. The first-order chi connectivity index (χ1) is 15.3. The Labute approximate surface area is 180 Å². The fourth-order valence-electron chi connectivity index (χ4n) is 3.73. The molecule has 0 saturated heterocycles. The van der Waals surface area contributed by atoms with Crippen molar-refractivity contribution < 1.29 is 22.0 Å². The zero-order chi connectivity index (χ0) is 23.0. The van der Waals surface area contributed by atoms with Gasteiger partial charge in [-0.15, -0.1) is 0 Å². The SMILES string of the molecule is Cc1cccc2c(/C=N/Nc3c(F)c(F)c(F)c(F)c3F)c(C)n(Cc3ccccc3)c12. The molecule has 0 spiro atoms. The van der Waals surface area contributed by atoms with Crippen molar-refractivity contribution in [1.29, 1.82) is 0 Å². The van der Waals surface area contributed by atoms with Crippen molar-refractivity contribution in [2.24, 2.45) is 5.10 Å². The molecule has 0 fully saturated rings. The van der Waals surface area contributed by atoms with Gasteiger partial charge < -0.3 is 4.57 Å². The maximum atomic E-state index is 13.9. The van der Waals surface area contributed by atoms with E-state index in [0.717, 1.165) is 27.7 Å². The van der Waals surface area contributed by atoms with Gasteiger partial charge in [0.15, 0.2) is 23.3 Å². The van der Waals surface area contributed by atoms with E-state index < -0.39 is 34.8 Å². The van der Waals surface area contributed by atoms with Crippen LogP contribution in [0.2, 0.25) is 0 Å². The summed E-state index contributed by atoms with van der Waals surface area (Å²) in [6, 6.07) is 15.5. The number of anilines is 1. The molecule has 4 aromatic rings. The van der Waals surface area contributed by atoms with Crippen LogP contribution >= 0.6 is 0 Å². The van der Waals surface area contributed by atoms with E-state index in [2.05, 4.69) is 9.67 Å². The molecule has 0 bridgehead atoms. The predicted octanol–water partition coefficient (Wildman–Crippen LogP) is 6.45. The summed E-state index contributed by atoms with van der Waals surface area (Å²) in [5.74, 6) is -10.2. The van der Waals surface area contributed by atoms with E-state index in [1.54, 1.807) is 0 Å². The average Bonchev–Trinajstić information content (AvgIpc) is 3.06. The quantitative estimate of drug-likeness (QED) is 0.124. The standard InChI is InChI=1S/C24H18F5N3/c1-13-7-6-10-16-17(14(2)32(24(13)16)12-15-8-4-3-5-9-15)11-30-31-23-21(28)19(26)18(25)20(27)22(23)29/h3-11,31H,12H2,1-2H3/b30-11+. The molecule has 3 nitrogen and oxygen atoms in total. The normalized spacial score (nSPS) is 11.6. The van der Waals surface area contributed by atoms with Gasteiger partial charge in [0.25, 0.3) is 0 Å². The zero-order valence-corrected chi connectivity index (χ0v) is 17.2. The molecule has 1 heterocycles. The number of aryl methyl sites for hydroxylation is 1. The summed E-state index contributed by atoms with van der Waals surface area (Å²) in [6.07, 6.45) is 1.32. The van der Waals surface area contributed by atoms with Crippen molar-refractivity contribution in [3.05, 3.63) is 100 Å². The van der Waals surface area contributed by atoms with Crippen LogP contribution in [-0.2, 0) is 6.54 Å². The van der Waals surface area contributed by atoms with Crippen LogP contribution in [0.4, 0.5) is 27.6 Å². The molecule has 32 heavy (non-hydrogen) atoms. The third-order valence-corrected chi connectivity index (χ3v) is 5.36. The largest absolute Gasteiger partial charge is 0.340 e. The molecule has 0 radical (unpaired) electrons. The Morgan fingerprint density at radius 3 is 2.09 bits per heavy atom. The molecule has 0 atom stereocenters. The Bertz CT molecular complexity index is 1310. The summed E-state index contributed by atoms with van der Waals surface area (Å²) in [5, 5.41) is 4.63. The van der Waals surface area contributed by atoms with Crippen molar-refractivity contribution in [2.75, 3.05) is 5.43 Å². The molecule has 1 aromatic heterocycles. The monoisotopic (exact) mass is 443 g/mol. The molecule has 8 heteroatoms. The van der Waals surface area contributed by atoms with Crippen molar-refractivity contribution in [1.82, 2.24) is 4.57 Å². The van der Waals surface area contributed by atoms with Gasteiger partial charge in [-0.3, -0.25) is 5.43 Å².